The number of rotatable bonds is 7. The van der Waals surface area contributed by atoms with Gasteiger partial charge in [0.05, 0.1) is 0 Å². The minimum absolute atomic E-state index is 0.0551. The third kappa shape index (κ3) is 7.16. The summed E-state index contributed by atoms with van der Waals surface area (Å²) in [7, 11) is 0. The fraction of sp³-hybridized carbons (Fsp3) is 0.0597. The molecule has 2 atom stereocenters. The van der Waals surface area contributed by atoms with Crippen LogP contribution in [-0.2, 0) is 0 Å². The molecule has 0 fully saturated rings. The van der Waals surface area contributed by atoms with Crippen LogP contribution in [0.4, 0.5) is 0 Å². The van der Waals surface area contributed by atoms with E-state index >= 15 is 0 Å². The minimum Gasteiger partial charge on any atom is -0.484 e. The Kier molecular flexibility index (Phi) is 9.63. The van der Waals surface area contributed by atoms with Crippen molar-refractivity contribution in [3.8, 4) is 61.9 Å². The Hall–Kier alpha value is -8.97. The second kappa shape index (κ2) is 16.8. The van der Waals surface area contributed by atoms with Gasteiger partial charge in [-0.25, -0.2) is 15.0 Å². The maximum atomic E-state index is 6.72. The summed E-state index contributed by atoms with van der Waals surface area (Å²) in [4.78, 5) is 16.1. The lowest BCUT2D eigenvalue weighted by atomic mass is 9.87. The third-order valence-electron chi connectivity index (χ3n) is 15.0. The average Bonchev–Trinajstić information content (AvgIpc) is 4.16. The smallest absolute Gasteiger partial charge is 0.164 e. The molecule has 0 bridgehead atoms. The molecule has 2 unspecified atom stereocenters. The number of thiophene rings is 1. The zero-order valence-electron chi connectivity index (χ0n) is 39.5. The van der Waals surface area contributed by atoms with Gasteiger partial charge in [-0.2, -0.15) is 0 Å². The summed E-state index contributed by atoms with van der Waals surface area (Å²) in [6.07, 6.45) is 14.8. The van der Waals surface area contributed by atoms with Crippen LogP contribution in [0.5, 0.6) is 5.75 Å². The predicted molar refractivity (Wildman–Crippen MR) is 302 cm³/mol. The molecule has 0 spiro atoms. The average molecular weight is 954 g/mol. The van der Waals surface area contributed by atoms with Crippen LogP contribution >= 0.6 is 11.3 Å². The molecule has 3 aliphatic rings. The summed E-state index contributed by atoms with van der Waals surface area (Å²) < 4.78 is 16.0. The fourth-order valence-electron chi connectivity index (χ4n) is 11.3. The molecule has 0 radical (unpaired) electrons. The second-order valence-corrected chi connectivity index (χ2v) is 20.4. The highest BCUT2D eigenvalue weighted by Crippen LogP contribution is 2.46. The SMILES string of the molecule is C1=CCCC(c2cc(-c3ccccc3)cc(-c3nc(C4=CC=CC5c6ccccc6OC45)nc(-c4ccc5ccc(-c6cccc7oc8cc(-c9ccc%10sc%11ccccc%11c%10c9)ccc8c67)cc5c4)n3)c2)=C1. The number of hydrogen-bond acceptors (Lipinski definition) is 6. The standard InChI is InChI=1S/C67H43N3O2S/c1-3-13-40(14-4-1)48-35-49(41-15-5-2-6-16-41)37-50(36-48)66-68-65(69-67(70-66)56-21-11-20-54-52-17-7-9-22-58(52)72-64(54)56)46-28-26-42-25-27-45(33-47(42)34-46)51-19-12-23-59-63(51)55-31-29-44(39-60(55)71-59)43-30-32-62-57(38-43)53-18-8-10-24-61(53)73-62/h1-5,7-15,17-39,54,64H,6,16H2. The molecule has 15 rings (SSSR count). The minimum atomic E-state index is -0.264. The van der Waals surface area contributed by atoms with E-state index in [4.69, 9.17) is 24.1 Å². The third-order valence-corrected chi connectivity index (χ3v) is 16.1. The Morgan fingerprint density at radius 2 is 1.22 bits per heavy atom. The highest BCUT2D eigenvalue weighted by molar-refractivity contribution is 7.25. The van der Waals surface area contributed by atoms with E-state index in [-0.39, 0.29) is 12.0 Å². The number of hydrogen-bond donors (Lipinski definition) is 0. The summed E-state index contributed by atoms with van der Waals surface area (Å²) in [5.41, 5.74) is 14.9. The van der Waals surface area contributed by atoms with E-state index < -0.39 is 0 Å². The van der Waals surface area contributed by atoms with Gasteiger partial charge in [-0.3, -0.25) is 0 Å². The van der Waals surface area contributed by atoms with Crippen molar-refractivity contribution in [1.82, 2.24) is 15.0 Å². The number of ether oxygens (including phenoxy) is 1. The molecule has 2 aliphatic carbocycles. The molecule has 0 amide bonds. The lowest BCUT2D eigenvalue weighted by Crippen LogP contribution is -2.23. The van der Waals surface area contributed by atoms with Gasteiger partial charge in [0, 0.05) is 59.1 Å². The van der Waals surface area contributed by atoms with Gasteiger partial charge in [-0.15, -0.1) is 11.3 Å². The van der Waals surface area contributed by atoms with E-state index in [0.29, 0.717) is 17.5 Å². The first-order valence-electron chi connectivity index (χ1n) is 25.0. The van der Waals surface area contributed by atoms with Crippen molar-refractivity contribution in [2.45, 2.75) is 24.9 Å². The Balaban J connectivity index is 0.848. The lowest BCUT2D eigenvalue weighted by Gasteiger charge is -2.22. The van der Waals surface area contributed by atoms with E-state index in [9.17, 15) is 0 Å². The summed E-state index contributed by atoms with van der Waals surface area (Å²) >= 11 is 1.84. The van der Waals surface area contributed by atoms with E-state index in [1.165, 1.54) is 42.4 Å². The highest BCUT2D eigenvalue weighted by atomic mass is 32.1. The van der Waals surface area contributed by atoms with Crippen LogP contribution in [0.2, 0.25) is 0 Å². The summed E-state index contributed by atoms with van der Waals surface area (Å²) in [6.45, 7) is 0. The van der Waals surface area contributed by atoms with Crippen molar-refractivity contribution < 1.29 is 9.15 Å². The van der Waals surface area contributed by atoms with Gasteiger partial charge in [0.2, 0.25) is 0 Å². The Morgan fingerprint density at radius 1 is 0.466 bits per heavy atom. The maximum absolute atomic E-state index is 6.72. The number of allylic oxidation sites excluding steroid dienone is 6. The van der Waals surface area contributed by atoms with Gasteiger partial charge in [-0.1, -0.05) is 152 Å². The van der Waals surface area contributed by atoms with Crippen LogP contribution in [-0.4, -0.2) is 21.1 Å². The normalized spacial score (nSPS) is 16.0. The fourth-order valence-corrected chi connectivity index (χ4v) is 12.4. The molecule has 12 aromatic rings. The number of para-hydroxylation sites is 1. The molecule has 6 heteroatoms. The van der Waals surface area contributed by atoms with E-state index in [1.807, 2.05) is 17.4 Å². The quantitative estimate of drug-likeness (QED) is 0.159. The molecular weight excluding hydrogens is 911 g/mol. The second-order valence-electron chi connectivity index (χ2n) is 19.3. The van der Waals surface area contributed by atoms with Crippen molar-refractivity contribution in [3.63, 3.8) is 0 Å². The highest BCUT2D eigenvalue weighted by Gasteiger charge is 2.38. The van der Waals surface area contributed by atoms with Gasteiger partial charge < -0.3 is 9.15 Å². The number of benzene rings is 9. The summed E-state index contributed by atoms with van der Waals surface area (Å²) in [6, 6.07) is 67.4. The zero-order chi connectivity index (χ0) is 48.0. The monoisotopic (exact) mass is 953 g/mol. The molecule has 73 heavy (non-hydrogen) atoms. The molecule has 0 saturated carbocycles. The first-order valence-corrected chi connectivity index (χ1v) is 25.8. The van der Waals surface area contributed by atoms with Gasteiger partial charge in [-0.05, 0) is 141 Å². The van der Waals surface area contributed by atoms with Crippen LogP contribution in [0.3, 0.4) is 0 Å². The molecule has 5 nitrogen and oxygen atoms in total. The van der Waals surface area contributed by atoms with Gasteiger partial charge in [0.1, 0.15) is 23.0 Å². The molecule has 9 aromatic carbocycles. The largest absolute Gasteiger partial charge is 0.484 e. The van der Waals surface area contributed by atoms with Gasteiger partial charge in [0.25, 0.3) is 0 Å². The molecule has 1 aliphatic heterocycles. The topological polar surface area (TPSA) is 61.0 Å². The Bertz CT molecular complexity index is 4380. The van der Waals surface area contributed by atoms with E-state index in [2.05, 4.69) is 218 Å². The summed E-state index contributed by atoms with van der Waals surface area (Å²) in [5, 5.41) is 6.99. The number of furan rings is 1. The number of fused-ring (bicyclic) bond motifs is 10. The lowest BCUT2D eigenvalue weighted by molar-refractivity contribution is 0.277. The van der Waals surface area contributed by atoms with E-state index in [0.717, 1.165) is 95.8 Å². The molecule has 0 N–H and O–H groups in total. The maximum Gasteiger partial charge on any atom is 0.164 e. The Morgan fingerprint density at radius 3 is 2.14 bits per heavy atom. The van der Waals surface area contributed by atoms with Crippen molar-refractivity contribution in [2.75, 3.05) is 0 Å². The molecular formula is C67H43N3O2S. The number of aromatic nitrogens is 3. The molecule has 3 aromatic heterocycles. The zero-order valence-corrected chi connectivity index (χ0v) is 40.3. The van der Waals surface area contributed by atoms with E-state index in [1.54, 1.807) is 0 Å². The van der Waals surface area contributed by atoms with Crippen molar-refractivity contribution in [3.05, 3.63) is 241 Å². The predicted octanol–water partition coefficient (Wildman–Crippen LogP) is 17.9. The van der Waals surface area contributed by atoms with Crippen molar-refractivity contribution >= 4 is 75.4 Å². The molecule has 4 heterocycles. The molecule has 344 valence electrons. The van der Waals surface area contributed by atoms with Crippen LogP contribution in [0.1, 0.15) is 35.7 Å². The van der Waals surface area contributed by atoms with Crippen LogP contribution < -0.4 is 4.74 Å². The first-order chi connectivity index (χ1) is 36.1. The van der Waals surface area contributed by atoms with Crippen LogP contribution in [0, 0.1) is 0 Å². The van der Waals surface area contributed by atoms with Crippen molar-refractivity contribution in [2.24, 2.45) is 0 Å². The van der Waals surface area contributed by atoms with Gasteiger partial charge in [0.15, 0.2) is 17.5 Å². The number of nitrogens with zero attached hydrogens (tertiary/aromatic N) is 3. The Labute approximate surface area is 425 Å². The van der Waals surface area contributed by atoms with Crippen LogP contribution in [0.15, 0.2) is 229 Å². The first kappa shape index (κ1) is 41.8. The summed E-state index contributed by atoms with van der Waals surface area (Å²) in [5.74, 6) is 2.78. The van der Waals surface area contributed by atoms with Crippen molar-refractivity contribution in [1.29, 1.82) is 0 Å². The van der Waals surface area contributed by atoms with Crippen LogP contribution in [0.25, 0.3) is 120 Å². The molecule has 0 saturated heterocycles. The van der Waals surface area contributed by atoms with Gasteiger partial charge >= 0.3 is 0 Å².